The van der Waals surface area contributed by atoms with Crippen LogP contribution >= 0.6 is 0 Å². The second kappa shape index (κ2) is 6.36. The van der Waals surface area contributed by atoms with Gasteiger partial charge < -0.3 is 19.6 Å². The average molecular weight is 306 g/mol. The molecule has 0 spiro atoms. The summed E-state index contributed by atoms with van der Waals surface area (Å²) in [7, 11) is 0. The smallest absolute Gasteiger partial charge is 0.407 e. The molecule has 1 fully saturated rings. The number of morpholine rings is 1. The van der Waals surface area contributed by atoms with Crippen molar-refractivity contribution in [2.75, 3.05) is 44.3 Å². The molecule has 1 aromatic carbocycles. The fourth-order valence-electron chi connectivity index (χ4n) is 2.87. The number of nitrogens with zero attached hydrogens (tertiary/aromatic N) is 2. The van der Waals surface area contributed by atoms with Gasteiger partial charge in [-0.2, -0.15) is 0 Å². The van der Waals surface area contributed by atoms with Gasteiger partial charge in [0.25, 0.3) is 0 Å². The molecule has 118 valence electrons. The lowest BCUT2D eigenvalue weighted by Gasteiger charge is -2.29. The van der Waals surface area contributed by atoms with E-state index in [0.29, 0.717) is 38.3 Å². The molecule has 0 atom stereocenters. The molecular formula is C16H19FN2O3. The van der Waals surface area contributed by atoms with Crippen LogP contribution in [0.5, 0.6) is 0 Å². The highest BCUT2D eigenvalue weighted by molar-refractivity contribution is 5.72. The summed E-state index contributed by atoms with van der Waals surface area (Å²) in [4.78, 5) is 14.3. The summed E-state index contributed by atoms with van der Waals surface area (Å²) in [6.45, 7) is 3.60. The summed E-state index contributed by atoms with van der Waals surface area (Å²) >= 11 is 0. The first-order chi connectivity index (χ1) is 10.6. The average Bonchev–Trinajstić information content (AvgIpc) is 2.56. The molecule has 2 aliphatic heterocycles. The van der Waals surface area contributed by atoms with Crippen molar-refractivity contribution in [2.45, 2.75) is 6.42 Å². The lowest BCUT2D eigenvalue weighted by Crippen LogP contribution is -2.36. The Labute approximate surface area is 128 Å². The standard InChI is InChI=1S/C16H19FN2O3/c17-15-11-13(18-7-9-22-10-8-18)1-2-14(15)12-3-5-19(6-4-12)16(20)21/h1-3,11H,4-10H2,(H,20,21). The fraction of sp³-hybridized carbons (Fsp3) is 0.438. The second-order valence-electron chi connectivity index (χ2n) is 5.47. The Hall–Kier alpha value is -2.08. The minimum atomic E-state index is -0.932. The summed E-state index contributed by atoms with van der Waals surface area (Å²) in [5.41, 5.74) is 2.32. The summed E-state index contributed by atoms with van der Waals surface area (Å²) in [5, 5.41) is 8.94. The van der Waals surface area contributed by atoms with Crippen molar-refractivity contribution in [2.24, 2.45) is 0 Å². The topological polar surface area (TPSA) is 53.0 Å². The van der Waals surface area contributed by atoms with Crippen molar-refractivity contribution in [1.29, 1.82) is 0 Å². The van der Waals surface area contributed by atoms with Crippen molar-refractivity contribution < 1.29 is 19.0 Å². The number of amides is 1. The zero-order chi connectivity index (χ0) is 15.5. The van der Waals surface area contributed by atoms with Gasteiger partial charge in [0.05, 0.1) is 13.2 Å². The van der Waals surface area contributed by atoms with Crippen LogP contribution in [-0.4, -0.2) is 55.5 Å². The molecule has 1 saturated heterocycles. The SMILES string of the molecule is O=C(O)N1CC=C(c2ccc(N3CCOCC3)cc2F)CC1. The summed E-state index contributed by atoms with van der Waals surface area (Å²) < 4.78 is 19.7. The zero-order valence-electron chi connectivity index (χ0n) is 12.3. The Morgan fingerprint density at radius 3 is 2.59 bits per heavy atom. The molecule has 0 saturated carbocycles. The van der Waals surface area contributed by atoms with E-state index in [1.54, 1.807) is 18.2 Å². The van der Waals surface area contributed by atoms with Gasteiger partial charge in [-0.15, -0.1) is 0 Å². The quantitative estimate of drug-likeness (QED) is 0.912. The maximum Gasteiger partial charge on any atom is 0.407 e. The minimum absolute atomic E-state index is 0.251. The number of hydrogen-bond donors (Lipinski definition) is 1. The maximum atomic E-state index is 14.4. The third-order valence-corrected chi connectivity index (χ3v) is 4.15. The highest BCUT2D eigenvalue weighted by Gasteiger charge is 2.19. The van der Waals surface area contributed by atoms with Crippen LogP contribution in [0.15, 0.2) is 24.3 Å². The largest absolute Gasteiger partial charge is 0.465 e. The van der Waals surface area contributed by atoms with Crippen LogP contribution in [0.4, 0.5) is 14.9 Å². The second-order valence-corrected chi connectivity index (χ2v) is 5.47. The van der Waals surface area contributed by atoms with Gasteiger partial charge >= 0.3 is 6.09 Å². The normalized spacial score (nSPS) is 19.0. The van der Waals surface area contributed by atoms with Gasteiger partial charge in [0.2, 0.25) is 0 Å². The zero-order valence-corrected chi connectivity index (χ0v) is 12.3. The summed E-state index contributed by atoms with van der Waals surface area (Å²) in [6, 6.07) is 5.28. The predicted octanol–water partition coefficient (Wildman–Crippen LogP) is 2.43. The van der Waals surface area contributed by atoms with Gasteiger partial charge in [0, 0.05) is 37.4 Å². The molecule has 2 heterocycles. The number of anilines is 1. The van der Waals surface area contributed by atoms with Crippen molar-refractivity contribution in [3.63, 3.8) is 0 Å². The van der Waals surface area contributed by atoms with E-state index in [-0.39, 0.29) is 5.82 Å². The highest BCUT2D eigenvalue weighted by atomic mass is 19.1. The van der Waals surface area contributed by atoms with Gasteiger partial charge in [-0.1, -0.05) is 6.08 Å². The van der Waals surface area contributed by atoms with E-state index in [0.717, 1.165) is 24.4 Å². The van der Waals surface area contributed by atoms with E-state index in [1.807, 2.05) is 6.07 Å². The molecule has 5 nitrogen and oxygen atoms in total. The number of benzene rings is 1. The molecule has 0 aliphatic carbocycles. The first-order valence-corrected chi connectivity index (χ1v) is 7.44. The molecule has 3 rings (SSSR count). The van der Waals surface area contributed by atoms with Gasteiger partial charge in [0.15, 0.2) is 0 Å². The van der Waals surface area contributed by atoms with Crippen LogP contribution in [0.1, 0.15) is 12.0 Å². The molecule has 1 amide bonds. The molecule has 0 aromatic heterocycles. The number of hydrogen-bond acceptors (Lipinski definition) is 3. The first-order valence-electron chi connectivity index (χ1n) is 7.44. The number of rotatable bonds is 2. The van der Waals surface area contributed by atoms with Crippen LogP contribution in [-0.2, 0) is 4.74 Å². The fourth-order valence-corrected chi connectivity index (χ4v) is 2.87. The van der Waals surface area contributed by atoms with Crippen LogP contribution in [0.25, 0.3) is 5.57 Å². The third kappa shape index (κ3) is 3.06. The third-order valence-electron chi connectivity index (χ3n) is 4.15. The van der Waals surface area contributed by atoms with E-state index in [4.69, 9.17) is 9.84 Å². The molecule has 22 heavy (non-hydrogen) atoms. The maximum absolute atomic E-state index is 14.4. The number of ether oxygens (including phenoxy) is 1. The molecule has 0 unspecified atom stereocenters. The van der Waals surface area contributed by atoms with Crippen molar-refractivity contribution in [1.82, 2.24) is 4.90 Å². The van der Waals surface area contributed by atoms with E-state index in [2.05, 4.69) is 4.90 Å². The Balaban J connectivity index is 1.76. The van der Waals surface area contributed by atoms with Crippen LogP contribution in [0.3, 0.4) is 0 Å². The Morgan fingerprint density at radius 2 is 2.00 bits per heavy atom. The van der Waals surface area contributed by atoms with Crippen LogP contribution in [0.2, 0.25) is 0 Å². The lowest BCUT2D eigenvalue weighted by atomic mass is 9.98. The monoisotopic (exact) mass is 306 g/mol. The molecule has 1 aromatic rings. The highest BCUT2D eigenvalue weighted by Crippen LogP contribution is 2.28. The molecule has 1 N–H and O–H groups in total. The molecule has 0 bridgehead atoms. The van der Waals surface area contributed by atoms with Crippen molar-refractivity contribution in [3.8, 4) is 0 Å². The van der Waals surface area contributed by atoms with Crippen molar-refractivity contribution >= 4 is 17.4 Å². The molecule has 2 aliphatic rings. The molecule has 0 radical (unpaired) electrons. The summed E-state index contributed by atoms with van der Waals surface area (Å²) in [5.74, 6) is -0.251. The predicted molar refractivity (Wildman–Crippen MR) is 81.6 cm³/mol. The Morgan fingerprint density at radius 1 is 1.23 bits per heavy atom. The molecule has 6 heteroatoms. The Bertz CT molecular complexity index is 597. The number of halogens is 1. The van der Waals surface area contributed by atoms with E-state index in [1.165, 1.54) is 4.90 Å². The van der Waals surface area contributed by atoms with Gasteiger partial charge in [-0.3, -0.25) is 0 Å². The lowest BCUT2D eigenvalue weighted by molar-refractivity contribution is 0.122. The Kier molecular flexibility index (Phi) is 4.29. The van der Waals surface area contributed by atoms with Gasteiger partial charge in [-0.05, 0) is 30.2 Å². The minimum Gasteiger partial charge on any atom is -0.465 e. The molecular weight excluding hydrogens is 287 g/mol. The van der Waals surface area contributed by atoms with E-state index >= 15 is 0 Å². The number of carboxylic acid groups (broad SMARTS) is 1. The van der Waals surface area contributed by atoms with Crippen molar-refractivity contribution in [3.05, 3.63) is 35.7 Å². The van der Waals surface area contributed by atoms with E-state index in [9.17, 15) is 9.18 Å². The van der Waals surface area contributed by atoms with Crippen LogP contribution < -0.4 is 4.90 Å². The summed E-state index contributed by atoms with van der Waals surface area (Å²) in [6.07, 6.45) is 1.41. The number of carbonyl (C=O) groups is 1. The van der Waals surface area contributed by atoms with Crippen LogP contribution in [0, 0.1) is 5.82 Å². The van der Waals surface area contributed by atoms with E-state index < -0.39 is 6.09 Å². The first kappa shape index (κ1) is 14.8. The van der Waals surface area contributed by atoms with Gasteiger partial charge in [0.1, 0.15) is 5.82 Å². The van der Waals surface area contributed by atoms with Gasteiger partial charge in [-0.25, -0.2) is 9.18 Å².